The molecule has 1 aliphatic rings. The van der Waals surface area contributed by atoms with Gasteiger partial charge in [0.25, 0.3) is 5.91 Å². The van der Waals surface area contributed by atoms with Gasteiger partial charge in [0, 0.05) is 13.1 Å². The first-order chi connectivity index (χ1) is 9.75. The average molecular weight is 271 g/mol. The zero-order valence-corrected chi connectivity index (χ0v) is 11.4. The molecule has 1 fully saturated rings. The zero-order valence-electron chi connectivity index (χ0n) is 11.4. The molecule has 3 rings (SSSR count). The highest BCUT2D eigenvalue weighted by Crippen LogP contribution is 2.16. The summed E-state index contributed by atoms with van der Waals surface area (Å²) in [6, 6.07) is 7.42. The van der Waals surface area contributed by atoms with Crippen LogP contribution in [0.3, 0.4) is 0 Å². The maximum Gasteiger partial charge on any atom is 0.257 e. The lowest BCUT2D eigenvalue weighted by atomic mass is 10.1. The lowest BCUT2D eigenvalue weighted by Gasteiger charge is -2.32. The highest BCUT2D eigenvalue weighted by molar-refractivity contribution is 5.97. The molecule has 6 heteroatoms. The molecule has 0 aliphatic carbocycles. The van der Waals surface area contributed by atoms with Gasteiger partial charge in [-0.15, -0.1) is 0 Å². The average Bonchev–Trinajstić information content (AvgIpc) is 3.00. The van der Waals surface area contributed by atoms with E-state index in [0.717, 1.165) is 13.1 Å². The van der Waals surface area contributed by atoms with Crippen LogP contribution in [0.1, 0.15) is 17.3 Å². The standard InChI is InChI=1S/C14H17N5O/c1-11-8-15-10-18(9-11)14(20)12-4-2-3-5-13(12)19-16-6-7-17-19/h2-7,11,15H,8-10H2,1H3. The molecule has 0 bridgehead atoms. The van der Waals surface area contributed by atoms with Gasteiger partial charge in [-0.05, 0) is 18.1 Å². The van der Waals surface area contributed by atoms with Gasteiger partial charge in [-0.2, -0.15) is 15.0 Å². The topological polar surface area (TPSA) is 63.1 Å². The fourth-order valence-electron chi connectivity index (χ4n) is 2.45. The number of rotatable bonds is 2. The Morgan fingerprint density at radius 3 is 2.80 bits per heavy atom. The van der Waals surface area contributed by atoms with E-state index in [1.54, 1.807) is 12.4 Å². The molecule has 1 saturated heterocycles. The molecule has 1 unspecified atom stereocenters. The van der Waals surface area contributed by atoms with Crippen molar-refractivity contribution in [2.75, 3.05) is 19.8 Å². The van der Waals surface area contributed by atoms with E-state index in [4.69, 9.17) is 0 Å². The van der Waals surface area contributed by atoms with Crippen molar-refractivity contribution in [3.05, 3.63) is 42.2 Å². The largest absolute Gasteiger partial charge is 0.325 e. The summed E-state index contributed by atoms with van der Waals surface area (Å²) in [6.07, 6.45) is 3.21. The Balaban J connectivity index is 1.92. The van der Waals surface area contributed by atoms with E-state index in [1.807, 2.05) is 29.2 Å². The van der Waals surface area contributed by atoms with Crippen LogP contribution in [0, 0.1) is 5.92 Å². The molecule has 2 aromatic rings. The number of nitrogens with zero attached hydrogens (tertiary/aromatic N) is 4. The summed E-state index contributed by atoms with van der Waals surface area (Å²) < 4.78 is 0. The van der Waals surface area contributed by atoms with Gasteiger partial charge in [-0.25, -0.2) is 0 Å². The summed E-state index contributed by atoms with van der Waals surface area (Å²) in [5, 5.41) is 11.5. The number of benzene rings is 1. The number of hydrogen-bond donors (Lipinski definition) is 1. The van der Waals surface area contributed by atoms with Crippen LogP contribution >= 0.6 is 0 Å². The van der Waals surface area contributed by atoms with Crippen LogP contribution in [0.5, 0.6) is 0 Å². The number of amides is 1. The summed E-state index contributed by atoms with van der Waals surface area (Å²) in [7, 11) is 0. The Bertz CT molecular complexity index is 595. The molecule has 1 atom stereocenters. The molecule has 20 heavy (non-hydrogen) atoms. The lowest BCUT2D eigenvalue weighted by molar-refractivity contribution is 0.0669. The minimum absolute atomic E-state index is 0.0111. The van der Waals surface area contributed by atoms with Crippen molar-refractivity contribution in [3.63, 3.8) is 0 Å². The van der Waals surface area contributed by atoms with Crippen molar-refractivity contribution in [1.82, 2.24) is 25.2 Å². The van der Waals surface area contributed by atoms with E-state index in [1.165, 1.54) is 4.80 Å². The Morgan fingerprint density at radius 1 is 1.30 bits per heavy atom. The molecule has 2 heterocycles. The Morgan fingerprint density at radius 2 is 2.05 bits per heavy atom. The second-order valence-electron chi connectivity index (χ2n) is 5.08. The lowest BCUT2D eigenvalue weighted by Crippen LogP contribution is -2.49. The van der Waals surface area contributed by atoms with Gasteiger partial charge in [0.2, 0.25) is 0 Å². The van der Waals surface area contributed by atoms with Crippen molar-refractivity contribution in [1.29, 1.82) is 0 Å². The number of para-hydroxylation sites is 1. The van der Waals surface area contributed by atoms with Crippen molar-refractivity contribution < 1.29 is 4.79 Å². The van der Waals surface area contributed by atoms with Crippen LogP contribution in [0.4, 0.5) is 0 Å². The molecule has 1 N–H and O–H groups in total. The Labute approximate surface area is 117 Å². The maximum absolute atomic E-state index is 12.7. The van der Waals surface area contributed by atoms with Crippen LogP contribution < -0.4 is 5.32 Å². The van der Waals surface area contributed by atoms with Crippen molar-refractivity contribution in [2.24, 2.45) is 5.92 Å². The van der Waals surface area contributed by atoms with Crippen LogP contribution in [-0.4, -0.2) is 45.6 Å². The van der Waals surface area contributed by atoms with Gasteiger partial charge in [0.1, 0.15) is 0 Å². The smallest absolute Gasteiger partial charge is 0.257 e. The Kier molecular flexibility index (Phi) is 3.47. The molecule has 1 aromatic carbocycles. The van der Waals surface area contributed by atoms with Crippen LogP contribution in [0.15, 0.2) is 36.7 Å². The van der Waals surface area contributed by atoms with Gasteiger partial charge < -0.3 is 4.90 Å². The molecule has 0 saturated carbocycles. The van der Waals surface area contributed by atoms with E-state index in [-0.39, 0.29) is 5.91 Å². The summed E-state index contributed by atoms with van der Waals surface area (Å²) in [6.45, 7) is 4.44. The third-order valence-electron chi connectivity index (χ3n) is 3.38. The van der Waals surface area contributed by atoms with E-state index >= 15 is 0 Å². The first kappa shape index (κ1) is 12.8. The number of carbonyl (C=O) groups is 1. The third kappa shape index (κ3) is 2.42. The van der Waals surface area contributed by atoms with Crippen molar-refractivity contribution in [3.8, 4) is 5.69 Å². The van der Waals surface area contributed by atoms with Crippen LogP contribution in [-0.2, 0) is 0 Å². The number of nitrogens with one attached hydrogen (secondary N) is 1. The summed E-state index contributed by atoms with van der Waals surface area (Å²) in [5.74, 6) is 0.472. The molecular formula is C14H17N5O. The molecule has 0 radical (unpaired) electrons. The molecule has 6 nitrogen and oxygen atoms in total. The minimum atomic E-state index is 0.0111. The Hall–Kier alpha value is -2.21. The number of carbonyl (C=O) groups excluding carboxylic acids is 1. The predicted molar refractivity (Wildman–Crippen MR) is 74.4 cm³/mol. The zero-order chi connectivity index (χ0) is 13.9. The SMILES string of the molecule is CC1CNCN(C(=O)c2ccccc2-n2nccn2)C1. The molecule has 1 aromatic heterocycles. The molecular weight excluding hydrogens is 254 g/mol. The second-order valence-corrected chi connectivity index (χ2v) is 5.08. The molecule has 1 amide bonds. The molecule has 1 aliphatic heterocycles. The minimum Gasteiger partial charge on any atom is -0.325 e. The van der Waals surface area contributed by atoms with E-state index in [2.05, 4.69) is 22.4 Å². The van der Waals surface area contributed by atoms with Gasteiger partial charge in [-0.1, -0.05) is 19.1 Å². The number of hydrogen-bond acceptors (Lipinski definition) is 4. The fraction of sp³-hybridized carbons (Fsp3) is 0.357. The second kappa shape index (κ2) is 5.42. The van der Waals surface area contributed by atoms with Gasteiger partial charge in [0.05, 0.1) is 30.3 Å². The quantitative estimate of drug-likeness (QED) is 0.881. The highest BCUT2D eigenvalue weighted by Gasteiger charge is 2.24. The summed E-state index contributed by atoms with van der Waals surface area (Å²) >= 11 is 0. The first-order valence-corrected chi connectivity index (χ1v) is 6.71. The monoisotopic (exact) mass is 271 g/mol. The van der Waals surface area contributed by atoms with Gasteiger partial charge in [0.15, 0.2) is 0 Å². The normalized spacial score (nSPS) is 19.1. The summed E-state index contributed by atoms with van der Waals surface area (Å²) in [4.78, 5) is 16.0. The molecule has 0 spiro atoms. The van der Waals surface area contributed by atoms with Crippen molar-refractivity contribution in [2.45, 2.75) is 6.92 Å². The van der Waals surface area contributed by atoms with Gasteiger partial charge >= 0.3 is 0 Å². The molecule has 104 valence electrons. The van der Waals surface area contributed by atoms with E-state index in [9.17, 15) is 4.79 Å². The first-order valence-electron chi connectivity index (χ1n) is 6.71. The highest BCUT2D eigenvalue weighted by atomic mass is 16.2. The maximum atomic E-state index is 12.7. The third-order valence-corrected chi connectivity index (χ3v) is 3.38. The van der Waals surface area contributed by atoms with E-state index < -0.39 is 0 Å². The van der Waals surface area contributed by atoms with Gasteiger partial charge in [-0.3, -0.25) is 10.1 Å². The predicted octanol–water partition coefficient (Wildman–Crippen LogP) is 0.906. The number of aromatic nitrogens is 3. The van der Waals surface area contributed by atoms with E-state index in [0.29, 0.717) is 23.8 Å². The fourth-order valence-corrected chi connectivity index (χ4v) is 2.45. The van der Waals surface area contributed by atoms with Crippen LogP contribution in [0.25, 0.3) is 5.69 Å². The van der Waals surface area contributed by atoms with Crippen LogP contribution in [0.2, 0.25) is 0 Å². The summed E-state index contributed by atoms with van der Waals surface area (Å²) in [5.41, 5.74) is 1.33. The van der Waals surface area contributed by atoms with Crippen molar-refractivity contribution >= 4 is 5.91 Å².